The molecular weight excluding hydrogens is 208 g/mol. The molecule has 0 aliphatic carbocycles. The first kappa shape index (κ1) is 11.3. The van der Waals surface area contributed by atoms with Crippen LogP contribution in [0.2, 0.25) is 0 Å². The lowest BCUT2D eigenvalue weighted by Crippen LogP contribution is -2.48. The molecule has 1 aliphatic heterocycles. The molecule has 1 atom stereocenters. The lowest BCUT2D eigenvalue weighted by Gasteiger charge is -2.33. The monoisotopic (exact) mass is 224 g/mol. The highest BCUT2D eigenvalue weighted by Crippen LogP contribution is 2.19. The van der Waals surface area contributed by atoms with Gasteiger partial charge in [-0.3, -0.25) is 4.90 Å². The number of nitrogens with zero attached hydrogens (tertiary/aromatic N) is 1. The van der Waals surface area contributed by atoms with Crippen molar-refractivity contribution in [2.24, 2.45) is 5.73 Å². The Labute approximate surface area is 83.8 Å². The fourth-order valence-electron chi connectivity index (χ4n) is 1.43. The van der Waals surface area contributed by atoms with Crippen molar-refractivity contribution in [1.82, 2.24) is 4.90 Å². The molecule has 0 saturated carbocycles. The van der Waals surface area contributed by atoms with Gasteiger partial charge in [-0.2, -0.15) is 11.8 Å². The average Bonchev–Trinajstić information content (AvgIpc) is 2.04. The number of thioether (sulfide) groups is 1. The molecule has 1 heterocycles. The molecule has 1 saturated heterocycles. The van der Waals surface area contributed by atoms with Crippen LogP contribution in [0, 0.1) is 0 Å². The van der Waals surface area contributed by atoms with E-state index in [2.05, 4.69) is 0 Å². The first-order valence-electron chi connectivity index (χ1n) is 4.26. The Hall–Kier alpha value is 0.220. The van der Waals surface area contributed by atoms with Crippen molar-refractivity contribution in [3.8, 4) is 0 Å². The molecule has 1 fully saturated rings. The summed E-state index contributed by atoms with van der Waals surface area (Å²) in [6.07, 6.45) is 1.30. The van der Waals surface area contributed by atoms with Gasteiger partial charge >= 0.3 is 0 Å². The zero-order valence-corrected chi connectivity index (χ0v) is 9.40. The van der Waals surface area contributed by atoms with Gasteiger partial charge in [0.15, 0.2) is 9.84 Å². The fourth-order valence-corrected chi connectivity index (χ4v) is 4.40. The third-order valence-corrected chi connectivity index (χ3v) is 4.79. The van der Waals surface area contributed by atoms with Gasteiger partial charge in [0.05, 0.1) is 0 Å². The number of sulfone groups is 1. The van der Waals surface area contributed by atoms with E-state index >= 15 is 0 Å². The van der Waals surface area contributed by atoms with Crippen LogP contribution in [0.3, 0.4) is 0 Å². The van der Waals surface area contributed by atoms with E-state index in [1.165, 1.54) is 6.26 Å². The van der Waals surface area contributed by atoms with Gasteiger partial charge in [-0.25, -0.2) is 8.42 Å². The van der Waals surface area contributed by atoms with Gasteiger partial charge in [-0.15, -0.1) is 0 Å². The van der Waals surface area contributed by atoms with Gasteiger partial charge in [0, 0.05) is 37.4 Å². The summed E-state index contributed by atoms with van der Waals surface area (Å²) in [5.74, 6) is 1.69. The van der Waals surface area contributed by atoms with E-state index in [1.807, 2.05) is 4.90 Å². The number of hydrogen-bond donors (Lipinski definition) is 1. The lowest BCUT2D eigenvalue weighted by molar-refractivity contribution is 0.278. The molecule has 4 nitrogen and oxygen atoms in total. The van der Waals surface area contributed by atoms with Gasteiger partial charge in [-0.05, 0) is 0 Å². The minimum atomic E-state index is -2.95. The Balaban J connectivity index is 2.67. The summed E-state index contributed by atoms with van der Waals surface area (Å²) in [4.78, 5) is 1.96. The van der Waals surface area contributed by atoms with E-state index < -0.39 is 9.84 Å². The zero-order chi connectivity index (χ0) is 9.90. The predicted molar refractivity (Wildman–Crippen MR) is 56.6 cm³/mol. The van der Waals surface area contributed by atoms with Crippen LogP contribution < -0.4 is 5.73 Å². The smallest absolute Gasteiger partial charge is 0.164 e. The van der Waals surface area contributed by atoms with Gasteiger partial charge in [0.1, 0.15) is 5.37 Å². The molecule has 0 bridgehead atoms. The summed E-state index contributed by atoms with van der Waals surface area (Å²) in [5.41, 5.74) is 5.42. The molecule has 0 radical (unpaired) electrons. The van der Waals surface area contributed by atoms with Crippen molar-refractivity contribution in [3.05, 3.63) is 0 Å². The van der Waals surface area contributed by atoms with Crippen LogP contribution >= 0.6 is 11.8 Å². The maximum absolute atomic E-state index is 11.4. The van der Waals surface area contributed by atoms with Crippen LogP contribution in [0.1, 0.15) is 0 Å². The summed E-state index contributed by atoms with van der Waals surface area (Å²) in [5, 5.41) is -0.324. The van der Waals surface area contributed by atoms with E-state index in [9.17, 15) is 8.42 Å². The van der Waals surface area contributed by atoms with Crippen molar-refractivity contribution >= 4 is 21.6 Å². The largest absolute Gasteiger partial charge is 0.329 e. The molecule has 6 heteroatoms. The van der Waals surface area contributed by atoms with Gasteiger partial charge in [-0.1, -0.05) is 0 Å². The predicted octanol–water partition coefficient (Wildman–Crippen LogP) is -0.635. The highest BCUT2D eigenvalue weighted by Gasteiger charge is 2.29. The van der Waals surface area contributed by atoms with E-state index in [1.54, 1.807) is 11.8 Å². The number of hydrogen-bond acceptors (Lipinski definition) is 5. The third kappa shape index (κ3) is 3.12. The second-order valence-electron chi connectivity index (χ2n) is 3.18. The van der Waals surface area contributed by atoms with Crippen molar-refractivity contribution in [2.75, 3.05) is 37.4 Å². The number of rotatable bonds is 3. The Morgan fingerprint density at radius 1 is 1.62 bits per heavy atom. The summed E-state index contributed by atoms with van der Waals surface area (Å²) >= 11 is 1.70. The minimum Gasteiger partial charge on any atom is -0.329 e. The maximum Gasteiger partial charge on any atom is 0.164 e. The van der Waals surface area contributed by atoms with Crippen molar-refractivity contribution < 1.29 is 8.42 Å². The molecule has 13 heavy (non-hydrogen) atoms. The van der Waals surface area contributed by atoms with E-state index in [0.29, 0.717) is 18.8 Å². The van der Waals surface area contributed by atoms with Crippen LogP contribution in [0.4, 0.5) is 0 Å². The SMILES string of the molecule is CS(=O)(=O)C1CSCCN1CCN. The Morgan fingerprint density at radius 2 is 2.31 bits per heavy atom. The molecule has 0 aromatic heterocycles. The highest BCUT2D eigenvalue weighted by molar-refractivity contribution is 8.00. The molecule has 78 valence electrons. The molecule has 1 unspecified atom stereocenters. The summed E-state index contributed by atoms with van der Waals surface area (Å²) in [6.45, 7) is 2.04. The second kappa shape index (κ2) is 4.63. The van der Waals surface area contributed by atoms with E-state index in [-0.39, 0.29) is 5.37 Å². The van der Waals surface area contributed by atoms with Gasteiger partial charge < -0.3 is 5.73 Å². The Morgan fingerprint density at radius 3 is 2.85 bits per heavy atom. The topological polar surface area (TPSA) is 63.4 Å². The molecule has 0 spiro atoms. The molecule has 1 aliphatic rings. The first-order valence-corrected chi connectivity index (χ1v) is 7.37. The standard InChI is InChI=1S/C7H16N2O2S2/c1-13(10,11)7-6-12-5-4-9(7)3-2-8/h7H,2-6,8H2,1H3. The highest BCUT2D eigenvalue weighted by atomic mass is 32.2. The zero-order valence-electron chi connectivity index (χ0n) is 7.77. The summed E-state index contributed by atoms with van der Waals surface area (Å²) < 4.78 is 22.8. The molecule has 1 rings (SSSR count). The molecule has 0 amide bonds. The average molecular weight is 224 g/mol. The van der Waals surface area contributed by atoms with E-state index in [4.69, 9.17) is 5.73 Å². The van der Waals surface area contributed by atoms with Crippen molar-refractivity contribution in [2.45, 2.75) is 5.37 Å². The van der Waals surface area contributed by atoms with Crippen LogP contribution in [0.25, 0.3) is 0 Å². The van der Waals surface area contributed by atoms with Crippen LogP contribution in [-0.4, -0.2) is 56.1 Å². The molecule has 0 aromatic rings. The molecular formula is C7H16N2O2S2. The summed E-state index contributed by atoms with van der Waals surface area (Å²) in [6, 6.07) is 0. The molecule has 0 aromatic carbocycles. The quantitative estimate of drug-likeness (QED) is 0.691. The second-order valence-corrected chi connectivity index (χ2v) is 6.54. The fraction of sp³-hybridized carbons (Fsp3) is 1.00. The number of nitrogens with two attached hydrogens (primary N) is 1. The third-order valence-electron chi connectivity index (χ3n) is 2.10. The van der Waals surface area contributed by atoms with Crippen molar-refractivity contribution in [3.63, 3.8) is 0 Å². The maximum atomic E-state index is 11.4. The van der Waals surface area contributed by atoms with Crippen LogP contribution in [0.15, 0.2) is 0 Å². The Kier molecular flexibility index (Phi) is 4.03. The minimum absolute atomic E-state index is 0.324. The normalized spacial score (nSPS) is 26.2. The Bertz CT molecular complexity index is 251. The first-order chi connectivity index (χ1) is 6.05. The summed E-state index contributed by atoms with van der Waals surface area (Å²) in [7, 11) is -2.95. The van der Waals surface area contributed by atoms with Crippen molar-refractivity contribution in [1.29, 1.82) is 0 Å². The molecule has 2 N–H and O–H groups in total. The van der Waals surface area contributed by atoms with Crippen LogP contribution in [0.5, 0.6) is 0 Å². The van der Waals surface area contributed by atoms with E-state index in [0.717, 1.165) is 12.3 Å². The van der Waals surface area contributed by atoms with Gasteiger partial charge in [0.25, 0.3) is 0 Å². The van der Waals surface area contributed by atoms with Crippen LogP contribution in [-0.2, 0) is 9.84 Å². The lowest BCUT2D eigenvalue weighted by atomic mass is 10.4. The van der Waals surface area contributed by atoms with Gasteiger partial charge in [0.2, 0.25) is 0 Å².